The SMILES string of the molecule is Cc1nc2n3c(c(C4(O)CCOCC4)cc-2c(=NCc2cccc(C(F)F)c2F)n1)NCC3. The minimum absolute atomic E-state index is 0.0657. The third kappa shape index (κ3) is 3.87. The quantitative estimate of drug-likeness (QED) is 0.626. The average Bonchev–Trinajstić information content (AvgIpc) is 3.28. The molecule has 1 aromatic carbocycles. The average molecular weight is 459 g/mol. The highest BCUT2D eigenvalue weighted by Gasteiger charge is 2.37. The summed E-state index contributed by atoms with van der Waals surface area (Å²) in [5, 5.41) is 14.8. The van der Waals surface area contributed by atoms with E-state index < -0.39 is 23.4 Å². The molecule has 7 nitrogen and oxygen atoms in total. The van der Waals surface area contributed by atoms with Crippen LogP contribution in [0.4, 0.5) is 19.0 Å². The van der Waals surface area contributed by atoms with E-state index in [1.807, 2.05) is 10.6 Å². The molecule has 4 aliphatic rings. The number of rotatable bonds is 4. The van der Waals surface area contributed by atoms with Crippen LogP contribution in [-0.2, 0) is 23.4 Å². The van der Waals surface area contributed by atoms with E-state index >= 15 is 0 Å². The van der Waals surface area contributed by atoms with Crippen molar-refractivity contribution in [1.29, 1.82) is 0 Å². The first-order valence-electron chi connectivity index (χ1n) is 10.9. The molecule has 0 aliphatic carbocycles. The van der Waals surface area contributed by atoms with E-state index in [1.54, 1.807) is 6.92 Å². The van der Waals surface area contributed by atoms with Gasteiger partial charge in [0.2, 0.25) is 0 Å². The molecule has 33 heavy (non-hydrogen) atoms. The maximum absolute atomic E-state index is 14.5. The Labute approximate surface area is 188 Å². The number of nitrogens with zero attached hydrogens (tertiary/aromatic N) is 4. The van der Waals surface area contributed by atoms with Crippen LogP contribution in [-0.4, -0.2) is 39.4 Å². The number of alkyl halides is 2. The standard InChI is InChI=1S/C23H24F3N5O2/c1-13-29-20(28-12-14-3-2-4-15(18(14)24)19(25)26)16-11-17(23(32)5-9-33-10-6-23)22-27-7-8-31(22)21(16)30-13/h2-4,11,19,27,32H,5-10,12H2,1H3. The molecule has 5 rings (SSSR count). The van der Waals surface area contributed by atoms with Crippen molar-refractivity contribution in [3.63, 3.8) is 0 Å². The van der Waals surface area contributed by atoms with Gasteiger partial charge in [-0.3, -0.25) is 4.99 Å². The van der Waals surface area contributed by atoms with E-state index in [2.05, 4.69) is 20.3 Å². The Hall–Kier alpha value is -2.98. The van der Waals surface area contributed by atoms with Gasteiger partial charge in [-0.2, -0.15) is 0 Å². The van der Waals surface area contributed by atoms with Gasteiger partial charge < -0.3 is 19.7 Å². The van der Waals surface area contributed by atoms with Crippen molar-refractivity contribution in [1.82, 2.24) is 14.5 Å². The van der Waals surface area contributed by atoms with Crippen molar-refractivity contribution in [2.24, 2.45) is 4.99 Å². The molecule has 0 saturated carbocycles. The molecule has 4 aliphatic heterocycles. The van der Waals surface area contributed by atoms with Crippen LogP contribution in [0.1, 0.15) is 41.8 Å². The number of hydrogen-bond acceptors (Lipinski definition) is 6. The van der Waals surface area contributed by atoms with Crippen LogP contribution in [0.15, 0.2) is 29.3 Å². The Kier molecular flexibility index (Phi) is 5.57. The molecule has 0 bridgehead atoms. The number of anilines is 1. The lowest BCUT2D eigenvalue weighted by Gasteiger charge is -2.34. The van der Waals surface area contributed by atoms with Crippen LogP contribution in [0.2, 0.25) is 0 Å². The lowest BCUT2D eigenvalue weighted by atomic mass is 9.85. The Balaban J connectivity index is 1.66. The normalized spacial score (nSPS) is 18.1. The Morgan fingerprint density at radius 3 is 2.82 bits per heavy atom. The zero-order chi connectivity index (χ0) is 23.2. The summed E-state index contributed by atoms with van der Waals surface area (Å²) in [6, 6.07) is 5.75. The summed E-state index contributed by atoms with van der Waals surface area (Å²) in [6.45, 7) is 3.86. The van der Waals surface area contributed by atoms with E-state index in [4.69, 9.17) is 4.74 Å². The molecule has 2 N–H and O–H groups in total. The fourth-order valence-electron chi connectivity index (χ4n) is 4.55. The highest BCUT2D eigenvalue weighted by Crippen LogP contribution is 2.40. The number of ether oxygens (including phenoxy) is 1. The smallest absolute Gasteiger partial charge is 0.266 e. The van der Waals surface area contributed by atoms with Gasteiger partial charge in [0.05, 0.1) is 23.3 Å². The van der Waals surface area contributed by atoms with Crippen LogP contribution < -0.4 is 10.8 Å². The maximum atomic E-state index is 14.5. The molecule has 4 heterocycles. The number of aliphatic hydroxyl groups is 1. The van der Waals surface area contributed by atoms with Crippen molar-refractivity contribution in [2.75, 3.05) is 25.1 Å². The highest BCUT2D eigenvalue weighted by molar-refractivity contribution is 5.66. The topological polar surface area (TPSA) is 84.6 Å². The first-order valence-corrected chi connectivity index (χ1v) is 10.9. The number of fused-ring (bicyclic) bond motifs is 3. The predicted octanol–water partition coefficient (Wildman–Crippen LogP) is 3.29. The lowest BCUT2D eigenvalue weighted by molar-refractivity contribution is -0.0676. The molecule has 1 saturated heterocycles. The van der Waals surface area contributed by atoms with Crippen LogP contribution in [0.25, 0.3) is 11.4 Å². The Bertz CT molecular complexity index is 1240. The second-order valence-electron chi connectivity index (χ2n) is 8.40. The number of aromatic nitrogens is 3. The number of pyridine rings is 1. The molecular formula is C23H24F3N5O2. The second kappa shape index (κ2) is 8.42. The highest BCUT2D eigenvalue weighted by atomic mass is 19.3. The van der Waals surface area contributed by atoms with Gasteiger partial charge in [-0.25, -0.2) is 23.1 Å². The van der Waals surface area contributed by atoms with Gasteiger partial charge in [0.15, 0.2) is 5.49 Å². The Morgan fingerprint density at radius 2 is 2.06 bits per heavy atom. The van der Waals surface area contributed by atoms with Crippen molar-refractivity contribution in [3.8, 4) is 11.4 Å². The van der Waals surface area contributed by atoms with E-state index in [9.17, 15) is 18.3 Å². The van der Waals surface area contributed by atoms with E-state index in [0.29, 0.717) is 61.8 Å². The minimum atomic E-state index is -2.90. The summed E-state index contributed by atoms with van der Waals surface area (Å²) in [4.78, 5) is 13.5. The van der Waals surface area contributed by atoms with Gasteiger partial charge in [-0.05, 0) is 13.0 Å². The largest absolute Gasteiger partial charge is 0.385 e. The third-order valence-electron chi connectivity index (χ3n) is 6.28. The van der Waals surface area contributed by atoms with E-state index in [1.165, 1.54) is 12.1 Å². The van der Waals surface area contributed by atoms with Crippen molar-refractivity contribution in [3.05, 3.63) is 58.1 Å². The Morgan fingerprint density at radius 1 is 1.27 bits per heavy atom. The number of hydrogen-bond donors (Lipinski definition) is 2. The first-order chi connectivity index (χ1) is 15.9. The maximum Gasteiger partial charge on any atom is 0.266 e. The molecule has 0 aromatic heterocycles. The third-order valence-corrected chi connectivity index (χ3v) is 6.28. The molecule has 1 fully saturated rings. The van der Waals surface area contributed by atoms with Crippen LogP contribution in [0.5, 0.6) is 0 Å². The molecule has 0 spiro atoms. The summed E-state index contributed by atoms with van der Waals surface area (Å²) in [5.41, 5.74) is 0.0316. The zero-order valence-electron chi connectivity index (χ0n) is 18.1. The second-order valence-corrected chi connectivity index (χ2v) is 8.40. The molecule has 174 valence electrons. The van der Waals surface area contributed by atoms with Crippen molar-refractivity contribution >= 4 is 5.82 Å². The molecule has 0 radical (unpaired) electrons. The summed E-state index contributed by atoms with van der Waals surface area (Å²) < 4.78 is 48.1. The summed E-state index contributed by atoms with van der Waals surface area (Å²) >= 11 is 0. The van der Waals surface area contributed by atoms with Crippen molar-refractivity contribution < 1.29 is 23.0 Å². The number of aryl methyl sites for hydroxylation is 1. The van der Waals surface area contributed by atoms with Gasteiger partial charge in [0.25, 0.3) is 6.43 Å². The van der Waals surface area contributed by atoms with Crippen LogP contribution in [0.3, 0.4) is 0 Å². The van der Waals surface area contributed by atoms with Gasteiger partial charge >= 0.3 is 0 Å². The minimum Gasteiger partial charge on any atom is -0.385 e. The van der Waals surface area contributed by atoms with Crippen LogP contribution in [0, 0.1) is 12.7 Å². The molecule has 0 atom stereocenters. The summed E-state index contributed by atoms with van der Waals surface area (Å²) in [6.07, 6.45) is -1.99. The molecule has 0 amide bonds. The van der Waals surface area contributed by atoms with Gasteiger partial charge in [0, 0.05) is 50.3 Å². The fraction of sp³-hybridized carbons (Fsp3) is 0.435. The van der Waals surface area contributed by atoms with Gasteiger partial charge in [0.1, 0.15) is 23.3 Å². The summed E-state index contributed by atoms with van der Waals surface area (Å²) in [5.74, 6) is 0.999. The van der Waals surface area contributed by atoms with E-state index in [-0.39, 0.29) is 12.1 Å². The zero-order valence-corrected chi connectivity index (χ0v) is 18.1. The molecule has 10 heteroatoms. The first kappa shape index (κ1) is 21.8. The summed E-state index contributed by atoms with van der Waals surface area (Å²) in [7, 11) is 0. The molecule has 1 aromatic rings. The predicted molar refractivity (Wildman–Crippen MR) is 114 cm³/mol. The number of nitrogens with one attached hydrogen (secondary N) is 1. The van der Waals surface area contributed by atoms with Gasteiger partial charge in [-0.15, -0.1) is 0 Å². The molecule has 0 unspecified atom stereocenters. The monoisotopic (exact) mass is 459 g/mol. The van der Waals surface area contributed by atoms with E-state index in [0.717, 1.165) is 17.4 Å². The van der Waals surface area contributed by atoms with Crippen molar-refractivity contribution in [2.45, 2.75) is 44.9 Å². The van der Waals surface area contributed by atoms with Crippen LogP contribution >= 0.6 is 0 Å². The lowest BCUT2D eigenvalue weighted by Crippen LogP contribution is -2.35. The number of benzene rings is 1. The fourth-order valence-corrected chi connectivity index (χ4v) is 4.55. The van der Waals surface area contributed by atoms with Gasteiger partial charge in [-0.1, -0.05) is 18.2 Å². The molecular weight excluding hydrogens is 435 g/mol. The number of halogens is 3.